The van der Waals surface area contributed by atoms with Crippen LogP contribution in [0.5, 0.6) is 0 Å². The van der Waals surface area contributed by atoms with Crippen molar-refractivity contribution in [1.29, 1.82) is 0 Å². The number of benzene rings is 1. The Labute approximate surface area is 103 Å². The van der Waals surface area contributed by atoms with Gasteiger partial charge in [0.1, 0.15) is 5.82 Å². The summed E-state index contributed by atoms with van der Waals surface area (Å²) in [5.74, 6) is -0.948. The molecule has 0 aliphatic heterocycles. The fraction of sp³-hybridized carbons (Fsp3) is 0.0833. The lowest BCUT2D eigenvalue weighted by Gasteiger charge is -2.07. The van der Waals surface area contributed by atoms with Crippen LogP contribution in [0.15, 0.2) is 30.7 Å². The largest absolute Gasteiger partial charge is 0.399 e. The summed E-state index contributed by atoms with van der Waals surface area (Å²) < 4.78 is 13.8. The van der Waals surface area contributed by atoms with Crippen LogP contribution in [-0.4, -0.2) is 15.9 Å². The maximum Gasteiger partial charge on any atom is 0.259 e. The molecule has 1 aromatic heterocycles. The molecule has 0 radical (unpaired) electrons. The van der Waals surface area contributed by atoms with Gasteiger partial charge in [0, 0.05) is 18.1 Å². The number of carbonyl (C=O) groups excluding carboxylic acids is 1. The zero-order valence-corrected chi connectivity index (χ0v) is 9.64. The summed E-state index contributed by atoms with van der Waals surface area (Å²) >= 11 is 0. The van der Waals surface area contributed by atoms with Gasteiger partial charge < -0.3 is 11.1 Å². The third-order valence-corrected chi connectivity index (χ3v) is 2.33. The van der Waals surface area contributed by atoms with E-state index in [0.29, 0.717) is 11.3 Å². The topological polar surface area (TPSA) is 80.9 Å². The molecule has 92 valence electrons. The van der Waals surface area contributed by atoms with Crippen molar-refractivity contribution in [3.05, 3.63) is 47.7 Å². The van der Waals surface area contributed by atoms with Crippen molar-refractivity contribution in [2.24, 2.45) is 0 Å². The van der Waals surface area contributed by atoms with Crippen LogP contribution in [0, 0.1) is 12.7 Å². The van der Waals surface area contributed by atoms with E-state index in [9.17, 15) is 9.18 Å². The van der Waals surface area contributed by atoms with E-state index in [4.69, 9.17) is 5.73 Å². The Morgan fingerprint density at radius 1 is 1.39 bits per heavy atom. The monoisotopic (exact) mass is 246 g/mol. The first kappa shape index (κ1) is 12.0. The molecule has 1 aromatic carbocycles. The van der Waals surface area contributed by atoms with Crippen LogP contribution in [0.1, 0.15) is 15.9 Å². The number of nitrogens with zero attached hydrogens (tertiary/aromatic N) is 2. The van der Waals surface area contributed by atoms with Gasteiger partial charge in [-0.2, -0.15) is 0 Å². The second-order valence-electron chi connectivity index (χ2n) is 3.74. The fourth-order valence-electron chi connectivity index (χ4n) is 1.51. The molecule has 5 nitrogen and oxygen atoms in total. The molecule has 0 atom stereocenters. The maximum atomic E-state index is 13.8. The average Bonchev–Trinajstić information content (AvgIpc) is 2.35. The van der Waals surface area contributed by atoms with Crippen molar-refractivity contribution in [1.82, 2.24) is 9.97 Å². The predicted octanol–water partition coefficient (Wildman–Crippen LogP) is 1.76. The number of amides is 1. The highest BCUT2D eigenvalue weighted by atomic mass is 19.1. The highest BCUT2D eigenvalue weighted by Gasteiger charge is 2.15. The van der Waals surface area contributed by atoms with Crippen LogP contribution < -0.4 is 11.1 Å². The molecular weight excluding hydrogens is 235 g/mol. The molecule has 6 heteroatoms. The molecule has 0 aliphatic rings. The van der Waals surface area contributed by atoms with E-state index in [0.717, 1.165) is 0 Å². The molecule has 0 bridgehead atoms. The molecule has 0 saturated carbocycles. The van der Waals surface area contributed by atoms with Gasteiger partial charge in [-0.3, -0.25) is 9.78 Å². The summed E-state index contributed by atoms with van der Waals surface area (Å²) in [4.78, 5) is 19.5. The van der Waals surface area contributed by atoms with Gasteiger partial charge in [0.05, 0.1) is 11.8 Å². The summed E-state index contributed by atoms with van der Waals surface area (Å²) in [6.45, 7) is 1.55. The molecule has 18 heavy (non-hydrogen) atoms. The number of anilines is 2. The SMILES string of the molecule is Cc1cc(N)cc(C(=O)Nc2cnccn2)c1F. The maximum absolute atomic E-state index is 13.8. The van der Waals surface area contributed by atoms with Gasteiger partial charge in [0.15, 0.2) is 5.82 Å². The summed E-state index contributed by atoms with van der Waals surface area (Å²) in [6.07, 6.45) is 4.27. The quantitative estimate of drug-likeness (QED) is 0.791. The number of nitrogens with one attached hydrogen (secondary N) is 1. The number of nitrogens with two attached hydrogens (primary N) is 1. The molecule has 0 aliphatic carbocycles. The lowest BCUT2D eigenvalue weighted by molar-refractivity contribution is 0.102. The third kappa shape index (κ3) is 2.42. The van der Waals surface area contributed by atoms with Crippen molar-refractivity contribution in [3.8, 4) is 0 Å². The van der Waals surface area contributed by atoms with Gasteiger partial charge in [-0.1, -0.05) is 0 Å². The molecule has 2 rings (SSSR count). The van der Waals surface area contributed by atoms with Gasteiger partial charge in [-0.15, -0.1) is 0 Å². The Kier molecular flexibility index (Phi) is 3.18. The van der Waals surface area contributed by atoms with Crippen LogP contribution in [0.25, 0.3) is 0 Å². The van der Waals surface area contributed by atoms with E-state index in [-0.39, 0.29) is 11.4 Å². The lowest BCUT2D eigenvalue weighted by Crippen LogP contribution is -2.15. The summed E-state index contributed by atoms with van der Waals surface area (Å²) in [5, 5.41) is 2.45. The number of halogens is 1. The fourth-order valence-corrected chi connectivity index (χ4v) is 1.51. The lowest BCUT2D eigenvalue weighted by atomic mass is 10.1. The highest BCUT2D eigenvalue weighted by molar-refractivity contribution is 6.04. The van der Waals surface area contributed by atoms with Gasteiger partial charge >= 0.3 is 0 Å². The van der Waals surface area contributed by atoms with Crippen molar-refractivity contribution in [2.45, 2.75) is 6.92 Å². The molecule has 1 heterocycles. The number of hydrogen-bond donors (Lipinski definition) is 2. The average molecular weight is 246 g/mol. The minimum absolute atomic E-state index is 0.113. The standard InChI is InChI=1S/C12H11FN4O/c1-7-4-8(14)5-9(11(7)13)12(18)17-10-6-15-2-3-16-10/h2-6H,14H2,1H3,(H,16,17,18). The van der Waals surface area contributed by atoms with Crippen LogP contribution in [0.3, 0.4) is 0 Å². The number of aromatic nitrogens is 2. The zero-order chi connectivity index (χ0) is 13.1. The van der Waals surface area contributed by atoms with E-state index in [1.807, 2.05) is 0 Å². The summed E-state index contributed by atoms with van der Waals surface area (Å²) in [7, 11) is 0. The molecule has 2 aromatic rings. The molecular formula is C12H11FN4O. The van der Waals surface area contributed by atoms with Crippen molar-refractivity contribution in [3.63, 3.8) is 0 Å². The number of carbonyl (C=O) groups is 1. The number of nitrogen functional groups attached to an aromatic ring is 1. The predicted molar refractivity (Wildman–Crippen MR) is 65.5 cm³/mol. The van der Waals surface area contributed by atoms with Crippen LogP contribution in [-0.2, 0) is 0 Å². The molecule has 1 amide bonds. The van der Waals surface area contributed by atoms with Gasteiger partial charge in [0.25, 0.3) is 5.91 Å². The Balaban J connectivity index is 2.30. The molecule has 0 fully saturated rings. The number of aryl methyl sites for hydroxylation is 1. The summed E-state index contributed by atoms with van der Waals surface area (Å²) in [5.41, 5.74) is 6.12. The number of hydrogen-bond acceptors (Lipinski definition) is 4. The van der Waals surface area contributed by atoms with E-state index in [1.165, 1.54) is 30.7 Å². The second kappa shape index (κ2) is 4.79. The second-order valence-corrected chi connectivity index (χ2v) is 3.74. The first-order chi connectivity index (χ1) is 8.58. The molecule has 0 saturated heterocycles. The Morgan fingerprint density at radius 3 is 2.83 bits per heavy atom. The van der Waals surface area contributed by atoms with Crippen molar-refractivity contribution >= 4 is 17.4 Å². The zero-order valence-electron chi connectivity index (χ0n) is 9.64. The van der Waals surface area contributed by atoms with E-state index in [1.54, 1.807) is 6.92 Å². The van der Waals surface area contributed by atoms with Gasteiger partial charge in [-0.05, 0) is 24.6 Å². The van der Waals surface area contributed by atoms with Gasteiger partial charge in [-0.25, -0.2) is 9.37 Å². The van der Waals surface area contributed by atoms with Crippen LogP contribution in [0.4, 0.5) is 15.9 Å². The molecule has 0 spiro atoms. The van der Waals surface area contributed by atoms with E-state index in [2.05, 4.69) is 15.3 Å². The first-order valence-corrected chi connectivity index (χ1v) is 5.21. The minimum Gasteiger partial charge on any atom is -0.399 e. The van der Waals surface area contributed by atoms with Gasteiger partial charge in [0.2, 0.25) is 0 Å². The van der Waals surface area contributed by atoms with Crippen LogP contribution in [0.2, 0.25) is 0 Å². The minimum atomic E-state index is -0.608. The normalized spacial score (nSPS) is 10.1. The van der Waals surface area contributed by atoms with Crippen LogP contribution >= 0.6 is 0 Å². The van der Waals surface area contributed by atoms with Crippen molar-refractivity contribution in [2.75, 3.05) is 11.1 Å². The van der Waals surface area contributed by atoms with Crippen molar-refractivity contribution < 1.29 is 9.18 Å². The highest BCUT2D eigenvalue weighted by Crippen LogP contribution is 2.18. The molecule has 0 unspecified atom stereocenters. The van der Waals surface area contributed by atoms with E-state index < -0.39 is 11.7 Å². The first-order valence-electron chi connectivity index (χ1n) is 5.21. The Bertz CT molecular complexity index is 586. The summed E-state index contributed by atoms with van der Waals surface area (Å²) in [6, 6.07) is 2.75. The smallest absolute Gasteiger partial charge is 0.259 e. The third-order valence-electron chi connectivity index (χ3n) is 2.33. The number of rotatable bonds is 2. The van der Waals surface area contributed by atoms with E-state index >= 15 is 0 Å². The molecule has 3 N–H and O–H groups in total. The Morgan fingerprint density at radius 2 is 2.17 bits per heavy atom. The Hall–Kier alpha value is -2.50.